The Morgan fingerprint density at radius 1 is 1.14 bits per heavy atom. The summed E-state index contributed by atoms with van der Waals surface area (Å²) < 4.78 is 0. The highest BCUT2D eigenvalue weighted by Crippen LogP contribution is 2.38. The Balaban J connectivity index is 1.72. The Labute approximate surface area is 135 Å². The fourth-order valence-electron chi connectivity index (χ4n) is 3.55. The van der Waals surface area contributed by atoms with Gasteiger partial charge < -0.3 is 10.6 Å². The summed E-state index contributed by atoms with van der Waals surface area (Å²) in [5.74, 6) is 0.594. The molecule has 0 saturated carbocycles. The summed E-state index contributed by atoms with van der Waals surface area (Å²) >= 11 is 6.05. The van der Waals surface area contributed by atoms with Crippen molar-refractivity contribution < 1.29 is 0 Å². The number of hydrogen-bond acceptors (Lipinski definition) is 3. The second kappa shape index (κ2) is 5.33. The molecule has 3 nitrogen and oxygen atoms in total. The average molecular weight is 312 g/mol. The summed E-state index contributed by atoms with van der Waals surface area (Å²) in [7, 11) is 0. The average Bonchev–Trinajstić information content (AvgIpc) is 2.54. The van der Waals surface area contributed by atoms with Gasteiger partial charge in [0.05, 0.1) is 11.7 Å². The number of hydrogen-bond donors (Lipinski definition) is 1. The van der Waals surface area contributed by atoms with Crippen LogP contribution in [-0.4, -0.2) is 10.9 Å². The van der Waals surface area contributed by atoms with Gasteiger partial charge in [-0.25, -0.2) is 4.99 Å². The first-order chi connectivity index (χ1) is 10.7. The topological polar surface area (TPSA) is 41.6 Å². The van der Waals surface area contributed by atoms with E-state index >= 15 is 0 Å². The molecule has 0 amide bonds. The third-order valence-electron chi connectivity index (χ3n) is 4.63. The highest BCUT2D eigenvalue weighted by Gasteiger charge is 2.29. The molecular weight excluding hydrogens is 294 g/mol. The molecule has 0 aromatic heterocycles. The lowest BCUT2D eigenvalue weighted by Crippen LogP contribution is -2.42. The van der Waals surface area contributed by atoms with Crippen molar-refractivity contribution in [2.75, 3.05) is 0 Å². The molecule has 1 unspecified atom stereocenters. The molecule has 1 heterocycles. The molecule has 0 bridgehead atoms. The highest BCUT2D eigenvalue weighted by atomic mass is 35.5. The second-order valence-corrected chi connectivity index (χ2v) is 6.41. The summed E-state index contributed by atoms with van der Waals surface area (Å²) in [4.78, 5) is 6.80. The van der Waals surface area contributed by atoms with Gasteiger partial charge in [-0.15, -0.1) is 0 Å². The Morgan fingerprint density at radius 3 is 2.91 bits per heavy atom. The van der Waals surface area contributed by atoms with Gasteiger partial charge in [0.25, 0.3) is 0 Å². The SMILES string of the molecule is NC1=Nc2cc(Cl)ccc2CN1C1CCCc2ccccc21. The molecule has 0 saturated heterocycles. The number of benzene rings is 2. The largest absolute Gasteiger partial charge is 0.369 e. The normalized spacial score (nSPS) is 20.1. The lowest BCUT2D eigenvalue weighted by atomic mass is 9.86. The van der Waals surface area contributed by atoms with Crippen molar-refractivity contribution in [2.24, 2.45) is 10.7 Å². The summed E-state index contributed by atoms with van der Waals surface area (Å²) in [6.45, 7) is 0.792. The molecule has 1 aliphatic carbocycles. The first kappa shape index (κ1) is 13.6. The second-order valence-electron chi connectivity index (χ2n) is 5.98. The number of halogens is 1. The Kier molecular flexibility index (Phi) is 3.30. The van der Waals surface area contributed by atoms with Crippen LogP contribution in [0.5, 0.6) is 0 Å². The van der Waals surface area contributed by atoms with Crippen molar-refractivity contribution in [3.8, 4) is 0 Å². The highest BCUT2D eigenvalue weighted by molar-refractivity contribution is 6.30. The van der Waals surface area contributed by atoms with E-state index in [4.69, 9.17) is 17.3 Å². The standard InChI is InChI=1S/C18H18ClN3/c19-14-9-8-13-11-22(18(20)21-16(13)10-14)17-7-3-5-12-4-1-2-6-15(12)17/h1-2,4,6,8-10,17H,3,5,7,11H2,(H2,20,21). The number of fused-ring (bicyclic) bond motifs is 2. The third-order valence-corrected chi connectivity index (χ3v) is 4.87. The van der Waals surface area contributed by atoms with E-state index in [1.807, 2.05) is 12.1 Å². The van der Waals surface area contributed by atoms with Crippen LogP contribution < -0.4 is 5.73 Å². The molecule has 112 valence electrons. The monoisotopic (exact) mass is 311 g/mol. The fourth-order valence-corrected chi connectivity index (χ4v) is 3.72. The number of aryl methyl sites for hydroxylation is 1. The van der Waals surface area contributed by atoms with E-state index in [0.29, 0.717) is 17.0 Å². The van der Waals surface area contributed by atoms with E-state index in [1.54, 1.807) is 0 Å². The van der Waals surface area contributed by atoms with Crippen molar-refractivity contribution in [3.63, 3.8) is 0 Å². The minimum atomic E-state index is 0.317. The molecule has 2 aromatic carbocycles. The summed E-state index contributed by atoms with van der Waals surface area (Å²) in [6, 6.07) is 14.9. The molecule has 2 N–H and O–H groups in total. The van der Waals surface area contributed by atoms with Gasteiger partial charge in [-0.1, -0.05) is 41.9 Å². The van der Waals surface area contributed by atoms with Crippen LogP contribution in [-0.2, 0) is 13.0 Å². The van der Waals surface area contributed by atoms with Crippen LogP contribution in [0.15, 0.2) is 47.5 Å². The van der Waals surface area contributed by atoms with Crippen molar-refractivity contribution >= 4 is 23.2 Å². The van der Waals surface area contributed by atoms with Gasteiger partial charge >= 0.3 is 0 Å². The molecule has 1 aliphatic heterocycles. The van der Waals surface area contributed by atoms with Crippen molar-refractivity contribution in [1.82, 2.24) is 4.90 Å². The van der Waals surface area contributed by atoms with Crippen LogP contribution in [0, 0.1) is 0 Å². The maximum atomic E-state index is 6.26. The molecule has 2 aromatic rings. The molecule has 2 aliphatic rings. The van der Waals surface area contributed by atoms with Crippen molar-refractivity contribution in [2.45, 2.75) is 31.8 Å². The molecule has 0 radical (unpaired) electrons. The smallest absolute Gasteiger partial charge is 0.197 e. The number of aliphatic imine (C=N–C) groups is 1. The van der Waals surface area contributed by atoms with Crippen LogP contribution >= 0.6 is 11.6 Å². The van der Waals surface area contributed by atoms with Gasteiger partial charge in [0.15, 0.2) is 5.96 Å². The Bertz CT molecular complexity index is 754. The van der Waals surface area contributed by atoms with Crippen molar-refractivity contribution in [3.05, 3.63) is 64.2 Å². The van der Waals surface area contributed by atoms with Gasteiger partial charge in [-0.3, -0.25) is 0 Å². The van der Waals surface area contributed by atoms with E-state index in [2.05, 4.69) is 40.2 Å². The van der Waals surface area contributed by atoms with E-state index in [0.717, 1.165) is 25.1 Å². The Hall–Kier alpha value is -2.00. The zero-order chi connectivity index (χ0) is 15.1. The van der Waals surface area contributed by atoms with Gasteiger partial charge in [0.1, 0.15) is 0 Å². The summed E-state index contributed by atoms with van der Waals surface area (Å²) in [5.41, 5.74) is 11.2. The first-order valence-corrected chi connectivity index (χ1v) is 8.07. The number of guanidine groups is 1. The summed E-state index contributed by atoms with van der Waals surface area (Å²) in [6.07, 6.45) is 3.47. The number of nitrogens with two attached hydrogens (primary N) is 1. The summed E-state index contributed by atoms with van der Waals surface area (Å²) in [5, 5.41) is 0.701. The fraction of sp³-hybridized carbons (Fsp3) is 0.278. The quantitative estimate of drug-likeness (QED) is 0.858. The van der Waals surface area contributed by atoms with Gasteiger partial charge in [-0.2, -0.15) is 0 Å². The van der Waals surface area contributed by atoms with Gasteiger partial charge in [-0.05, 0) is 48.1 Å². The molecule has 4 heteroatoms. The van der Waals surface area contributed by atoms with Crippen LogP contribution in [0.2, 0.25) is 5.02 Å². The zero-order valence-corrected chi connectivity index (χ0v) is 13.1. The Morgan fingerprint density at radius 2 is 2.00 bits per heavy atom. The first-order valence-electron chi connectivity index (χ1n) is 7.69. The van der Waals surface area contributed by atoms with Crippen LogP contribution in [0.1, 0.15) is 35.6 Å². The minimum Gasteiger partial charge on any atom is -0.369 e. The van der Waals surface area contributed by atoms with E-state index in [9.17, 15) is 0 Å². The lowest BCUT2D eigenvalue weighted by molar-refractivity contribution is 0.271. The number of nitrogens with zero attached hydrogens (tertiary/aromatic N) is 2. The van der Waals surface area contributed by atoms with Gasteiger partial charge in [0.2, 0.25) is 0 Å². The zero-order valence-electron chi connectivity index (χ0n) is 12.3. The molecule has 22 heavy (non-hydrogen) atoms. The van der Waals surface area contributed by atoms with E-state index in [-0.39, 0.29) is 0 Å². The van der Waals surface area contributed by atoms with Crippen LogP contribution in [0.4, 0.5) is 5.69 Å². The van der Waals surface area contributed by atoms with E-state index in [1.165, 1.54) is 23.1 Å². The maximum Gasteiger partial charge on any atom is 0.197 e. The molecule has 1 atom stereocenters. The third kappa shape index (κ3) is 2.26. The van der Waals surface area contributed by atoms with Crippen molar-refractivity contribution in [1.29, 1.82) is 0 Å². The predicted octanol–water partition coefficient (Wildman–Crippen LogP) is 4.18. The molecule has 0 spiro atoms. The lowest BCUT2D eigenvalue weighted by Gasteiger charge is -2.38. The molecule has 4 rings (SSSR count). The molecular formula is C18H18ClN3. The predicted molar refractivity (Wildman–Crippen MR) is 90.4 cm³/mol. The molecule has 0 fully saturated rings. The van der Waals surface area contributed by atoms with E-state index < -0.39 is 0 Å². The minimum absolute atomic E-state index is 0.317. The maximum absolute atomic E-state index is 6.26. The van der Waals surface area contributed by atoms with Crippen LogP contribution in [0.3, 0.4) is 0 Å². The number of rotatable bonds is 1. The van der Waals surface area contributed by atoms with Gasteiger partial charge in [0, 0.05) is 11.6 Å². The van der Waals surface area contributed by atoms with Crippen LogP contribution in [0.25, 0.3) is 0 Å².